The van der Waals surface area contributed by atoms with Crippen molar-refractivity contribution in [2.75, 3.05) is 31.2 Å². The third-order valence-corrected chi connectivity index (χ3v) is 4.86. The van der Waals surface area contributed by atoms with Crippen molar-refractivity contribution in [3.8, 4) is 0 Å². The number of hydrogen-bond acceptors (Lipinski definition) is 4. The summed E-state index contributed by atoms with van der Waals surface area (Å²) in [6, 6.07) is -0.409. The average Bonchev–Trinajstić information content (AvgIpc) is 2.58. The highest BCUT2D eigenvalue weighted by molar-refractivity contribution is 7.91. The number of nitrogens with zero attached hydrogens (tertiary/aromatic N) is 1. The zero-order valence-electron chi connectivity index (χ0n) is 9.89. The molecule has 0 aromatic heterocycles. The number of amides is 2. The van der Waals surface area contributed by atoms with Crippen molar-refractivity contribution in [1.82, 2.24) is 10.2 Å². The Morgan fingerprint density at radius 1 is 1.47 bits per heavy atom. The monoisotopic (exact) mass is 262 g/mol. The zero-order chi connectivity index (χ0) is 12.5. The van der Waals surface area contributed by atoms with Crippen molar-refractivity contribution >= 4 is 15.9 Å². The number of hydrogen-bond donors (Lipinski definition) is 1. The lowest BCUT2D eigenvalue weighted by Crippen LogP contribution is -2.51. The highest BCUT2D eigenvalue weighted by atomic mass is 32.2. The second-order valence-corrected chi connectivity index (χ2v) is 6.91. The molecule has 1 N–H and O–H groups in total. The molecule has 2 fully saturated rings. The van der Waals surface area contributed by atoms with Gasteiger partial charge in [-0.05, 0) is 13.3 Å². The molecule has 2 aliphatic heterocycles. The number of morpholine rings is 1. The molecule has 0 aromatic carbocycles. The van der Waals surface area contributed by atoms with Crippen LogP contribution in [0, 0.1) is 0 Å². The Hall–Kier alpha value is -0.820. The van der Waals surface area contributed by atoms with Gasteiger partial charge in [-0.3, -0.25) is 0 Å². The summed E-state index contributed by atoms with van der Waals surface area (Å²) < 4.78 is 27.9. The molecule has 98 valence electrons. The van der Waals surface area contributed by atoms with E-state index in [0.717, 1.165) is 0 Å². The molecular formula is C10H18N2O4S. The molecule has 0 aromatic rings. The summed E-state index contributed by atoms with van der Waals surface area (Å²) in [5.74, 6) is 0.246. The van der Waals surface area contributed by atoms with Gasteiger partial charge in [0.05, 0.1) is 24.2 Å². The average molecular weight is 262 g/mol. The number of rotatable bonds is 1. The predicted molar refractivity (Wildman–Crippen MR) is 62.6 cm³/mol. The van der Waals surface area contributed by atoms with Crippen molar-refractivity contribution in [3.63, 3.8) is 0 Å². The summed E-state index contributed by atoms with van der Waals surface area (Å²) in [6.45, 7) is 3.58. The molecule has 2 saturated heterocycles. The van der Waals surface area contributed by atoms with Gasteiger partial charge in [0.1, 0.15) is 0 Å². The Kier molecular flexibility index (Phi) is 3.58. The number of urea groups is 1. The molecule has 2 heterocycles. The van der Waals surface area contributed by atoms with Crippen LogP contribution in [0.2, 0.25) is 0 Å². The molecule has 2 atom stereocenters. The van der Waals surface area contributed by atoms with Gasteiger partial charge in [0.25, 0.3) is 0 Å². The van der Waals surface area contributed by atoms with E-state index in [-0.39, 0.29) is 29.7 Å². The quantitative estimate of drug-likeness (QED) is 0.698. The number of sulfone groups is 1. The fourth-order valence-corrected chi connectivity index (χ4v) is 3.85. The van der Waals surface area contributed by atoms with Crippen LogP contribution in [0.25, 0.3) is 0 Å². The standard InChI is InChI=1S/C10H18N2O4S/c1-8-6-12(3-4-16-8)10(13)11-9-2-5-17(14,15)7-9/h8-9H,2-7H2,1H3,(H,11,13)/t8-,9+/m1/s1. The van der Waals surface area contributed by atoms with E-state index in [9.17, 15) is 13.2 Å². The van der Waals surface area contributed by atoms with Crippen LogP contribution >= 0.6 is 0 Å². The van der Waals surface area contributed by atoms with Gasteiger partial charge in [0, 0.05) is 19.1 Å². The van der Waals surface area contributed by atoms with Gasteiger partial charge in [-0.15, -0.1) is 0 Å². The zero-order valence-corrected chi connectivity index (χ0v) is 10.7. The summed E-state index contributed by atoms with van der Waals surface area (Å²) in [4.78, 5) is 13.6. The Bertz CT molecular complexity index is 395. The number of nitrogens with one attached hydrogen (secondary N) is 1. The van der Waals surface area contributed by atoms with E-state index in [1.807, 2.05) is 6.92 Å². The van der Waals surface area contributed by atoms with Crippen LogP contribution in [0.1, 0.15) is 13.3 Å². The maximum Gasteiger partial charge on any atom is 0.317 e. The van der Waals surface area contributed by atoms with E-state index >= 15 is 0 Å². The lowest BCUT2D eigenvalue weighted by Gasteiger charge is -2.31. The summed E-state index contributed by atoms with van der Waals surface area (Å²) >= 11 is 0. The Morgan fingerprint density at radius 3 is 2.82 bits per heavy atom. The van der Waals surface area contributed by atoms with Crippen LogP contribution < -0.4 is 5.32 Å². The van der Waals surface area contributed by atoms with E-state index < -0.39 is 9.84 Å². The van der Waals surface area contributed by atoms with Crippen LogP contribution in [0.5, 0.6) is 0 Å². The third kappa shape index (κ3) is 3.32. The Labute approximate surface area is 101 Å². The minimum Gasteiger partial charge on any atom is -0.375 e. The molecule has 17 heavy (non-hydrogen) atoms. The second-order valence-electron chi connectivity index (χ2n) is 4.68. The maximum atomic E-state index is 11.9. The van der Waals surface area contributed by atoms with Crippen LogP contribution in [-0.2, 0) is 14.6 Å². The minimum absolute atomic E-state index is 0.0433. The van der Waals surface area contributed by atoms with Crippen molar-refractivity contribution in [1.29, 1.82) is 0 Å². The second kappa shape index (κ2) is 4.81. The lowest BCUT2D eigenvalue weighted by molar-refractivity contribution is -0.00376. The largest absolute Gasteiger partial charge is 0.375 e. The van der Waals surface area contributed by atoms with Crippen molar-refractivity contribution in [2.45, 2.75) is 25.5 Å². The first-order valence-corrected chi connectivity index (χ1v) is 7.66. The van der Waals surface area contributed by atoms with Crippen LogP contribution in [0.4, 0.5) is 4.79 Å². The van der Waals surface area contributed by atoms with Crippen molar-refractivity contribution in [3.05, 3.63) is 0 Å². The normalized spacial score (nSPS) is 32.4. The van der Waals surface area contributed by atoms with Gasteiger partial charge in [-0.25, -0.2) is 13.2 Å². The number of carbonyl (C=O) groups excluding carboxylic acids is 1. The summed E-state index contributed by atoms with van der Waals surface area (Å²) in [5, 5.41) is 2.78. The minimum atomic E-state index is -2.94. The predicted octanol–water partition coefficient (Wildman–Crippen LogP) is -0.396. The first kappa shape index (κ1) is 12.6. The molecule has 6 nitrogen and oxygen atoms in total. The van der Waals surface area contributed by atoms with Gasteiger partial charge in [-0.1, -0.05) is 0 Å². The highest BCUT2D eigenvalue weighted by Gasteiger charge is 2.31. The molecule has 2 rings (SSSR count). The van der Waals surface area contributed by atoms with Crippen LogP contribution in [0.15, 0.2) is 0 Å². The van der Waals surface area contributed by atoms with Crippen molar-refractivity contribution < 1.29 is 17.9 Å². The summed E-state index contributed by atoms with van der Waals surface area (Å²) in [6.07, 6.45) is 0.565. The summed E-state index contributed by atoms with van der Waals surface area (Å²) in [5.41, 5.74) is 0. The van der Waals surface area contributed by atoms with E-state index in [2.05, 4.69) is 5.32 Å². The Balaban J connectivity index is 1.85. The highest BCUT2D eigenvalue weighted by Crippen LogP contribution is 2.12. The van der Waals surface area contributed by atoms with Gasteiger partial charge >= 0.3 is 6.03 Å². The van der Waals surface area contributed by atoms with E-state index in [1.54, 1.807) is 4.90 Å². The fourth-order valence-electron chi connectivity index (χ4n) is 2.18. The van der Waals surface area contributed by atoms with Gasteiger partial charge in [-0.2, -0.15) is 0 Å². The fraction of sp³-hybridized carbons (Fsp3) is 0.900. The molecule has 0 unspecified atom stereocenters. The molecule has 0 radical (unpaired) electrons. The Morgan fingerprint density at radius 2 is 2.24 bits per heavy atom. The first-order chi connectivity index (χ1) is 7.96. The van der Waals surface area contributed by atoms with Gasteiger partial charge in [0.15, 0.2) is 9.84 Å². The maximum absolute atomic E-state index is 11.9. The summed E-state index contributed by atoms with van der Waals surface area (Å²) in [7, 11) is -2.94. The lowest BCUT2D eigenvalue weighted by atomic mass is 10.2. The SMILES string of the molecule is C[C@@H]1CN(C(=O)N[C@H]2CCS(=O)(=O)C2)CCO1. The van der Waals surface area contributed by atoms with Crippen LogP contribution in [-0.4, -0.2) is 62.7 Å². The third-order valence-electron chi connectivity index (χ3n) is 3.09. The van der Waals surface area contributed by atoms with Gasteiger partial charge < -0.3 is 15.0 Å². The first-order valence-electron chi connectivity index (χ1n) is 5.84. The molecule has 0 saturated carbocycles. The van der Waals surface area contributed by atoms with E-state index in [4.69, 9.17) is 4.74 Å². The molecule has 2 amide bonds. The molecular weight excluding hydrogens is 244 g/mol. The number of carbonyl (C=O) groups is 1. The smallest absolute Gasteiger partial charge is 0.317 e. The van der Waals surface area contributed by atoms with Gasteiger partial charge in [0.2, 0.25) is 0 Å². The van der Waals surface area contributed by atoms with E-state index in [0.29, 0.717) is 26.1 Å². The molecule has 0 bridgehead atoms. The van der Waals surface area contributed by atoms with E-state index in [1.165, 1.54) is 0 Å². The number of ether oxygens (including phenoxy) is 1. The molecule has 2 aliphatic rings. The van der Waals surface area contributed by atoms with Crippen LogP contribution in [0.3, 0.4) is 0 Å². The molecule has 0 spiro atoms. The molecule has 0 aliphatic carbocycles. The molecule has 7 heteroatoms. The topological polar surface area (TPSA) is 75.7 Å². The van der Waals surface area contributed by atoms with Crippen molar-refractivity contribution in [2.24, 2.45) is 0 Å².